The summed E-state index contributed by atoms with van der Waals surface area (Å²) in [5.41, 5.74) is 0. The van der Waals surface area contributed by atoms with Gasteiger partial charge >= 0.3 is 11.9 Å². The highest BCUT2D eigenvalue weighted by atomic mass is 16.6. The van der Waals surface area contributed by atoms with E-state index in [9.17, 15) is 19.5 Å². The predicted octanol–water partition coefficient (Wildman–Crippen LogP) is 12.4. The standard InChI is InChI=1S/C53H89NO7/c1-6-8-10-12-14-16-18-20-22-24-25-26-27-28-30-32-34-36-38-40-42-44-52(56)61-49(47-59-46-45-50(53(57)58)54(3,4)5)48-60-51(55)43-41-39-37-35-33-31-29-23-21-19-17-15-13-11-9-7-2/h14,16,20,22-23,25-26,28-31,33-34,36,49-50H,6-13,15,17-19,21,24,27,32,35,37-48H2,1-5H3/b16-14+,22-20+,26-25+,29-23+,30-28+,33-31+,36-34+. The fourth-order valence-electron chi connectivity index (χ4n) is 6.49. The van der Waals surface area contributed by atoms with Crippen molar-refractivity contribution in [2.45, 2.75) is 193 Å². The highest BCUT2D eigenvalue weighted by Crippen LogP contribution is 2.12. The fourth-order valence-corrected chi connectivity index (χ4v) is 6.49. The van der Waals surface area contributed by atoms with Crippen LogP contribution in [0.3, 0.4) is 0 Å². The van der Waals surface area contributed by atoms with Gasteiger partial charge in [0.25, 0.3) is 0 Å². The van der Waals surface area contributed by atoms with Crippen LogP contribution >= 0.6 is 0 Å². The minimum Gasteiger partial charge on any atom is -0.544 e. The zero-order chi connectivity index (χ0) is 44.9. The van der Waals surface area contributed by atoms with Crippen LogP contribution in [0.15, 0.2) is 85.1 Å². The average Bonchev–Trinajstić information content (AvgIpc) is 3.22. The maximum Gasteiger partial charge on any atom is 0.306 e. The molecule has 0 aliphatic heterocycles. The third-order valence-corrected chi connectivity index (χ3v) is 10.3. The Morgan fingerprint density at radius 1 is 0.508 bits per heavy atom. The molecule has 0 radical (unpaired) electrons. The van der Waals surface area contributed by atoms with Gasteiger partial charge in [0.1, 0.15) is 12.6 Å². The number of rotatable bonds is 42. The Morgan fingerprint density at radius 2 is 0.918 bits per heavy atom. The zero-order valence-electron chi connectivity index (χ0n) is 39.5. The lowest BCUT2D eigenvalue weighted by Gasteiger charge is -2.34. The second kappa shape index (κ2) is 43.2. The Bertz CT molecular complexity index is 1270. The maximum absolute atomic E-state index is 12.7. The molecule has 61 heavy (non-hydrogen) atoms. The SMILES string of the molecule is CCCCC/C=C/C/C=C/C/C=C/C/C=C/C/C=C/CCCCC(=O)OC(COCCC(C(=O)[O-])[N+](C)(C)C)COC(=O)CCCCC/C=C/C=C/CCCCCCCCC. The smallest absolute Gasteiger partial charge is 0.306 e. The van der Waals surface area contributed by atoms with Gasteiger partial charge in [-0.2, -0.15) is 0 Å². The molecule has 0 aliphatic rings. The molecule has 0 saturated carbocycles. The molecular formula is C53H89NO7. The van der Waals surface area contributed by atoms with E-state index in [0.29, 0.717) is 12.8 Å². The number of carbonyl (C=O) groups excluding carboxylic acids is 3. The summed E-state index contributed by atoms with van der Waals surface area (Å²) in [4.78, 5) is 36.9. The summed E-state index contributed by atoms with van der Waals surface area (Å²) in [6, 6.07) is -0.743. The maximum atomic E-state index is 12.7. The molecule has 0 aliphatic carbocycles. The van der Waals surface area contributed by atoms with Gasteiger partial charge < -0.3 is 28.6 Å². The van der Waals surface area contributed by atoms with Crippen LogP contribution < -0.4 is 5.11 Å². The molecule has 0 aromatic rings. The van der Waals surface area contributed by atoms with Crippen molar-refractivity contribution in [2.24, 2.45) is 0 Å². The Kier molecular flexibility index (Phi) is 40.7. The Morgan fingerprint density at radius 3 is 1.44 bits per heavy atom. The van der Waals surface area contributed by atoms with E-state index >= 15 is 0 Å². The van der Waals surface area contributed by atoms with Gasteiger partial charge in [-0.15, -0.1) is 0 Å². The first-order chi connectivity index (χ1) is 29.6. The first kappa shape index (κ1) is 57.5. The number of carboxylic acids is 1. The van der Waals surface area contributed by atoms with Gasteiger partial charge in [0, 0.05) is 19.3 Å². The second-order valence-corrected chi connectivity index (χ2v) is 17.0. The normalized spacial score (nSPS) is 13.7. The van der Waals surface area contributed by atoms with Crippen molar-refractivity contribution in [3.8, 4) is 0 Å². The molecule has 8 heteroatoms. The lowest BCUT2D eigenvalue weighted by atomic mass is 10.1. The van der Waals surface area contributed by atoms with Gasteiger partial charge in [-0.3, -0.25) is 9.59 Å². The summed E-state index contributed by atoms with van der Waals surface area (Å²) in [5, 5.41) is 11.6. The third kappa shape index (κ3) is 41.6. The van der Waals surface area contributed by atoms with E-state index in [4.69, 9.17) is 14.2 Å². The van der Waals surface area contributed by atoms with Crippen LogP contribution in [0.4, 0.5) is 0 Å². The molecule has 0 spiro atoms. The summed E-state index contributed by atoms with van der Waals surface area (Å²) in [6.45, 7) is 4.54. The van der Waals surface area contributed by atoms with E-state index in [1.807, 2.05) is 0 Å². The molecule has 0 N–H and O–H groups in total. The molecule has 8 nitrogen and oxygen atoms in total. The highest BCUT2D eigenvalue weighted by molar-refractivity contribution is 5.70. The van der Waals surface area contributed by atoms with Gasteiger partial charge in [0.15, 0.2) is 6.10 Å². The summed E-state index contributed by atoms with van der Waals surface area (Å²) in [5.74, 6) is -1.83. The number of aliphatic carboxylic acids is 1. The lowest BCUT2D eigenvalue weighted by Crippen LogP contribution is -2.55. The number of quaternary nitrogens is 1. The number of esters is 2. The van der Waals surface area contributed by atoms with Gasteiger partial charge in [0.2, 0.25) is 0 Å². The topological polar surface area (TPSA) is 102 Å². The number of carbonyl (C=O) groups is 3. The molecule has 0 amide bonds. The molecule has 2 unspecified atom stereocenters. The fraction of sp³-hybridized carbons (Fsp3) is 0.679. The number of hydrogen-bond acceptors (Lipinski definition) is 7. The molecule has 0 saturated heterocycles. The van der Waals surface area contributed by atoms with Crippen molar-refractivity contribution in [1.29, 1.82) is 0 Å². The largest absolute Gasteiger partial charge is 0.544 e. The third-order valence-electron chi connectivity index (χ3n) is 10.3. The summed E-state index contributed by atoms with van der Waals surface area (Å²) >= 11 is 0. The zero-order valence-corrected chi connectivity index (χ0v) is 39.5. The van der Waals surface area contributed by atoms with E-state index in [2.05, 4.69) is 98.9 Å². The van der Waals surface area contributed by atoms with Crippen LogP contribution in [0.5, 0.6) is 0 Å². The van der Waals surface area contributed by atoms with Gasteiger partial charge in [-0.25, -0.2) is 0 Å². The van der Waals surface area contributed by atoms with Crippen molar-refractivity contribution in [2.75, 3.05) is 41.0 Å². The minimum absolute atomic E-state index is 0.00990. The number of unbranched alkanes of at least 4 members (excludes halogenated alkanes) is 15. The number of hydrogen-bond donors (Lipinski definition) is 0. The number of carboxylic acid groups (broad SMARTS) is 1. The number of ether oxygens (including phenoxy) is 3. The molecule has 0 fully saturated rings. The number of likely N-dealkylation sites (N-methyl/N-ethyl adjacent to an activating group) is 1. The van der Waals surface area contributed by atoms with Crippen molar-refractivity contribution in [1.82, 2.24) is 0 Å². The van der Waals surface area contributed by atoms with Crippen molar-refractivity contribution >= 4 is 17.9 Å². The molecule has 348 valence electrons. The van der Waals surface area contributed by atoms with E-state index in [1.54, 1.807) is 21.1 Å². The summed E-state index contributed by atoms with van der Waals surface area (Å²) < 4.78 is 17.1. The molecule has 2 atom stereocenters. The van der Waals surface area contributed by atoms with Gasteiger partial charge in [-0.05, 0) is 89.9 Å². The predicted molar refractivity (Wildman–Crippen MR) is 254 cm³/mol. The molecule has 0 heterocycles. The van der Waals surface area contributed by atoms with Crippen LogP contribution in [0.2, 0.25) is 0 Å². The summed E-state index contributed by atoms with van der Waals surface area (Å²) in [6.07, 6.45) is 56.1. The monoisotopic (exact) mass is 852 g/mol. The van der Waals surface area contributed by atoms with Crippen molar-refractivity contribution in [3.05, 3.63) is 85.1 Å². The van der Waals surface area contributed by atoms with Crippen LogP contribution in [-0.2, 0) is 28.6 Å². The molecule has 0 bridgehead atoms. The quantitative estimate of drug-likeness (QED) is 0.0198. The molecule has 0 rings (SSSR count). The van der Waals surface area contributed by atoms with E-state index in [1.165, 1.54) is 70.6 Å². The van der Waals surface area contributed by atoms with E-state index in [0.717, 1.165) is 70.6 Å². The first-order valence-corrected chi connectivity index (χ1v) is 24.1. The van der Waals surface area contributed by atoms with E-state index < -0.39 is 18.1 Å². The lowest BCUT2D eigenvalue weighted by molar-refractivity contribution is -0.889. The number of allylic oxidation sites excluding steroid dienone is 14. The van der Waals surface area contributed by atoms with Crippen LogP contribution in [0, 0.1) is 0 Å². The molecule has 0 aromatic heterocycles. The van der Waals surface area contributed by atoms with Gasteiger partial charge in [0.05, 0.1) is 40.3 Å². The molecule has 0 aromatic carbocycles. The Labute approximate surface area is 373 Å². The Balaban J connectivity index is 4.45. The van der Waals surface area contributed by atoms with Crippen LogP contribution in [0.1, 0.15) is 181 Å². The van der Waals surface area contributed by atoms with Crippen molar-refractivity contribution < 1.29 is 38.2 Å². The Hall–Kier alpha value is -3.49. The first-order valence-electron chi connectivity index (χ1n) is 24.1. The molecular weight excluding hydrogens is 763 g/mol. The average molecular weight is 852 g/mol. The minimum atomic E-state index is -1.14. The summed E-state index contributed by atoms with van der Waals surface area (Å²) in [7, 11) is 5.38. The second-order valence-electron chi connectivity index (χ2n) is 17.0. The highest BCUT2D eigenvalue weighted by Gasteiger charge is 2.25. The van der Waals surface area contributed by atoms with Crippen LogP contribution in [-0.4, -0.2) is 75.5 Å². The van der Waals surface area contributed by atoms with Crippen molar-refractivity contribution in [3.63, 3.8) is 0 Å². The van der Waals surface area contributed by atoms with E-state index in [-0.39, 0.29) is 49.1 Å². The van der Waals surface area contributed by atoms with Crippen LogP contribution in [0.25, 0.3) is 0 Å². The van der Waals surface area contributed by atoms with Gasteiger partial charge in [-0.1, -0.05) is 157 Å². The number of nitrogens with zero attached hydrogens (tertiary/aromatic N) is 1.